The SMILES string of the molecule is CCCCCCCCCCCCOc1c(C)c(-c2ccc(-c3ccc(-c4ccc(-c5c(OCCCCCCCCCCCC)c(C)c(-c6cc7c(-c8cc9cc(CC(CCCC)CCCCCC)ccc9s8)c8sc(C)cc8c(-c8cc9cc(CC(CCCC)CCCCCC)ccc9s8)c7s6)c6nsnc56)s4)c(F)c3F)s2)c2nsnc2c1C. The van der Waals surface area contributed by atoms with Crippen LogP contribution in [0, 0.1) is 51.2 Å². The largest absolute Gasteiger partial charge is 0.493 e. The second-order valence-corrected chi connectivity index (χ2v) is 42.3. The molecule has 0 amide bonds. The number of halogens is 2. The Hall–Kier alpha value is -6.34. The Balaban J connectivity index is 0.829. The minimum Gasteiger partial charge on any atom is -0.493 e. The number of thiophene rings is 6. The van der Waals surface area contributed by atoms with Crippen molar-refractivity contribution in [3.05, 3.63) is 141 Å². The average molecular weight is 1760 g/mol. The van der Waals surface area contributed by atoms with Crippen LogP contribution >= 0.6 is 91.5 Å². The van der Waals surface area contributed by atoms with Crippen molar-refractivity contribution in [2.75, 3.05) is 13.2 Å². The zero-order chi connectivity index (χ0) is 83.4. The van der Waals surface area contributed by atoms with Crippen LogP contribution in [0.5, 0.6) is 11.5 Å². The van der Waals surface area contributed by atoms with Crippen LogP contribution in [0.4, 0.5) is 8.78 Å². The molecular formula is C104H128F2N4O2S8. The standard InChI is InChI=1S/C104H128F2N4O2S8/c1-11-17-23-27-29-31-33-35-37-41-57-111-101-68(8)90(98-97(70(101)10)107-119-108-98)85-55-53-83(116-85)77-49-50-78(96(106)95(77)105)84-54-56-86(117-84)94-100-99(109-120-110-100)91(69(9)102(94)112-58-42-38-36-34-32-30-28-24-18-12-2)89-66-80-93(88-65-76-63-74(48-52-82(76)115-88)61-72(44-22-16-6)46-40-26-20-14-4)103-79(59-67(7)113-103)92(104(80)118-89)87-64-75-62-73(47-51-81(75)114-87)60-71(43-21-15-5)45-39-25-19-13-3/h47-56,59,62-66,71-72H,11-46,57-58,60-61H2,1-10H3. The van der Waals surface area contributed by atoms with Crippen LogP contribution in [0.15, 0.2) is 97.1 Å². The molecule has 14 aromatic rings. The summed E-state index contributed by atoms with van der Waals surface area (Å²) in [5.41, 5.74) is 15.0. The Morgan fingerprint density at radius 1 is 0.308 bits per heavy atom. The molecule has 2 atom stereocenters. The van der Waals surface area contributed by atoms with Crippen LogP contribution in [-0.4, -0.2) is 30.7 Å². The fraction of sp³-hybridized carbons (Fsp3) is 0.500. The van der Waals surface area contributed by atoms with E-state index in [1.54, 1.807) is 12.1 Å². The lowest BCUT2D eigenvalue weighted by Gasteiger charge is -2.17. The highest BCUT2D eigenvalue weighted by Crippen LogP contribution is 2.57. The number of hydrogen-bond acceptors (Lipinski definition) is 14. The number of fused-ring (bicyclic) bond motifs is 6. The molecule has 6 nitrogen and oxygen atoms in total. The van der Waals surface area contributed by atoms with E-state index in [1.807, 2.05) is 63.5 Å². The van der Waals surface area contributed by atoms with Gasteiger partial charge in [0.25, 0.3) is 0 Å². The molecule has 0 N–H and O–H groups in total. The highest BCUT2D eigenvalue weighted by Gasteiger charge is 2.31. The minimum absolute atomic E-state index is 0.213. The maximum absolute atomic E-state index is 17.4. The molecule has 8 aromatic heterocycles. The number of rotatable bonds is 51. The predicted octanol–water partition coefficient (Wildman–Crippen LogP) is 37.1. The summed E-state index contributed by atoms with van der Waals surface area (Å²) in [6.45, 7) is 23.7. The molecule has 14 rings (SSSR count). The summed E-state index contributed by atoms with van der Waals surface area (Å²) in [7, 11) is 0. The fourth-order valence-corrected chi connectivity index (χ4v) is 26.7. The molecule has 8 heterocycles. The van der Waals surface area contributed by atoms with Gasteiger partial charge in [-0.25, -0.2) is 8.78 Å². The van der Waals surface area contributed by atoms with Crippen LogP contribution in [-0.2, 0) is 12.8 Å². The lowest BCUT2D eigenvalue weighted by atomic mass is 9.89. The monoisotopic (exact) mass is 1760 g/mol. The summed E-state index contributed by atoms with van der Waals surface area (Å²) >= 11 is 13.0. The van der Waals surface area contributed by atoms with Crippen molar-refractivity contribution in [1.29, 1.82) is 0 Å². The number of hydrogen-bond donors (Lipinski definition) is 0. The molecule has 2 unspecified atom stereocenters. The molecule has 6 aromatic carbocycles. The van der Waals surface area contributed by atoms with Gasteiger partial charge in [-0.1, -0.05) is 284 Å². The maximum Gasteiger partial charge on any atom is 0.168 e. The van der Waals surface area contributed by atoms with Gasteiger partial charge in [0.05, 0.1) is 42.2 Å². The summed E-state index contributed by atoms with van der Waals surface area (Å²) in [5.74, 6) is 1.27. The van der Waals surface area contributed by atoms with Crippen LogP contribution in [0.2, 0.25) is 0 Å². The van der Waals surface area contributed by atoms with E-state index in [-0.39, 0.29) is 11.1 Å². The smallest absolute Gasteiger partial charge is 0.168 e. The minimum atomic E-state index is -0.876. The van der Waals surface area contributed by atoms with E-state index in [4.69, 9.17) is 27.0 Å². The Labute approximate surface area is 747 Å². The molecule has 120 heavy (non-hydrogen) atoms. The van der Waals surface area contributed by atoms with Gasteiger partial charge in [-0.3, -0.25) is 0 Å². The molecule has 0 fully saturated rings. The Bertz CT molecular complexity index is 5500. The molecule has 0 radical (unpaired) electrons. The molecule has 638 valence electrons. The zero-order valence-electron chi connectivity index (χ0n) is 73.3. The summed E-state index contributed by atoms with van der Waals surface area (Å²) < 4.78 is 74.0. The number of ether oxygens (including phenoxy) is 2. The first-order valence-electron chi connectivity index (χ1n) is 46.4. The summed E-state index contributed by atoms with van der Waals surface area (Å²) in [4.78, 5) is 8.08. The van der Waals surface area contributed by atoms with Crippen molar-refractivity contribution in [3.8, 4) is 84.6 Å². The molecule has 0 saturated heterocycles. The number of benzene rings is 6. The number of aromatic nitrogens is 4. The van der Waals surface area contributed by atoms with Crippen LogP contribution in [0.1, 0.15) is 305 Å². The van der Waals surface area contributed by atoms with E-state index in [1.165, 1.54) is 329 Å². The number of nitrogens with zero attached hydrogens (tertiary/aromatic N) is 4. The molecule has 0 aliphatic rings. The fourth-order valence-electron chi connectivity index (χ4n) is 18.6. The summed E-state index contributed by atoms with van der Waals surface area (Å²) in [5, 5.41) is 5.24. The van der Waals surface area contributed by atoms with Crippen LogP contribution in [0.3, 0.4) is 0 Å². The predicted molar refractivity (Wildman–Crippen MR) is 528 cm³/mol. The molecule has 0 aliphatic heterocycles. The molecule has 16 heteroatoms. The molecule has 0 bridgehead atoms. The molecule has 0 spiro atoms. The molecular weight excluding hydrogens is 1630 g/mol. The van der Waals surface area contributed by atoms with Gasteiger partial charge in [0.15, 0.2) is 11.6 Å². The second kappa shape index (κ2) is 44.5. The quantitative estimate of drug-likeness (QED) is 0.0354. The first-order valence-corrected chi connectivity index (χ1v) is 52.7. The van der Waals surface area contributed by atoms with E-state index >= 15 is 8.78 Å². The van der Waals surface area contributed by atoms with Gasteiger partial charge in [-0.2, -0.15) is 17.5 Å². The first kappa shape index (κ1) is 89.9. The lowest BCUT2D eigenvalue weighted by molar-refractivity contribution is 0.301. The van der Waals surface area contributed by atoms with E-state index in [0.717, 1.165) is 120 Å². The third-order valence-corrected chi connectivity index (χ3v) is 33.1. The Kier molecular flexibility index (Phi) is 33.3. The van der Waals surface area contributed by atoms with Crippen molar-refractivity contribution in [2.45, 2.75) is 313 Å². The molecule has 0 saturated carbocycles. The summed E-state index contributed by atoms with van der Waals surface area (Å²) in [6, 6.07) is 36.2. The second-order valence-electron chi connectivity index (χ2n) is 34.6. The van der Waals surface area contributed by atoms with Gasteiger partial charge in [0.1, 0.15) is 33.6 Å². The Morgan fingerprint density at radius 3 is 1.18 bits per heavy atom. The average Bonchev–Trinajstić information content (AvgIpc) is 1.55. The van der Waals surface area contributed by atoms with Crippen molar-refractivity contribution in [2.24, 2.45) is 11.8 Å². The topological polar surface area (TPSA) is 70.0 Å². The van der Waals surface area contributed by atoms with Gasteiger partial charge in [-0.15, -0.1) is 68.0 Å². The maximum atomic E-state index is 17.4. The van der Waals surface area contributed by atoms with Gasteiger partial charge in [0, 0.05) is 119 Å². The molecule has 0 aliphatic carbocycles. The van der Waals surface area contributed by atoms with Crippen molar-refractivity contribution in [1.82, 2.24) is 17.5 Å². The summed E-state index contributed by atoms with van der Waals surface area (Å²) in [6.07, 6.45) is 47.8. The number of unbranched alkanes of at least 4 members (excludes halogenated alkanes) is 26. The first-order chi connectivity index (χ1) is 58.8. The van der Waals surface area contributed by atoms with Gasteiger partial charge in [-0.05, 0) is 160 Å². The zero-order valence-corrected chi connectivity index (χ0v) is 79.8. The van der Waals surface area contributed by atoms with E-state index in [9.17, 15) is 0 Å². The third-order valence-electron chi connectivity index (χ3n) is 25.2. The van der Waals surface area contributed by atoms with E-state index in [2.05, 4.69) is 136 Å². The normalized spacial score (nSPS) is 12.6. The van der Waals surface area contributed by atoms with Crippen LogP contribution < -0.4 is 9.47 Å². The number of aryl methyl sites for hydroxylation is 2. The Morgan fingerprint density at radius 2 is 0.683 bits per heavy atom. The lowest BCUT2D eigenvalue weighted by Crippen LogP contribution is -2.05. The highest BCUT2D eigenvalue weighted by atomic mass is 32.1. The van der Waals surface area contributed by atoms with Gasteiger partial charge in [0.2, 0.25) is 0 Å². The van der Waals surface area contributed by atoms with E-state index in [0.29, 0.717) is 34.8 Å². The van der Waals surface area contributed by atoms with Gasteiger partial charge >= 0.3 is 0 Å². The van der Waals surface area contributed by atoms with Crippen molar-refractivity contribution >= 4 is 154 Å². The van der Waals surface area contributed by atoms with Crippen molar-refractivity contribution in [3.63, 3.8) is 0 Å². The van der Waals surface area contributed by atoms with E-state index < -0.39 is 11.6 Å². The van der Waals surface area contributed by atoms with Crippen molar-refractivity contribution < 1.29 is 18.3 Å². The third kappa shape index (κ3) is 21.4. The highest BCUT2D eigenvalue weighted by molar-refractivity contribution is 7.27. The van der Waals surface area contributed by atoms with Gasteiger partial charge < -0.3 is 9.47 Å². The van der Waals surface area contributed by atoms with Crippen LogP contribution in [0.25, 0.3) is 135 Å².